The topological polar surface area (TPSA) is 70.7 Å². The van der Waals surface area contributed by atoms with Crippen molar-refractivity contribution in [3.8, 4) is 11.5 Å². The zero-order chi connectivity index (χ0) is 20.4. The molecule has 3 aromatic rings. The van der Waals surface area contributed by atoms with Gasteiger partial charge in [-0.1, -0.05) is 29.8 Å². The molecule has 0 fully saturated rings. The minimum Gasteiger partial charge on any atom is -0.454 e. The van der Waals surface area contributed by atoms with Crippen LogP contribution in [0.2, 0.25) is 0 Å². The lowest BCUT2D eigenvalue weighted by molar-refractivity contribution is 0.0988. The highest BCUT2D eigenvalue weighted by Crippen LogP contribution is 2.39. The number of urea groups is 1. The fraction of sp³-hybridized carbons (Fsp3) is 0.130. The summed E-state index contributed by atoms with van der Waals surface area (Å²) in [6, 6.07) is 19.6. The van der Waals surface area contributed by atoms with Crippen LogP contribution in [-0.2, 0) is 0 Å². The first kappa shape index (κ1) is 18.6. The summed E-state index contributed by atoms with van der Waals surface area (Å²) in [7, 11) is 0. The Morgan fingerprint density at radius 1 is 0.931 bits per heavy atom. The average molecular weight is 387 g/mol. The van der Waals surface area contributed by atoms with Crippen LogP contribution in [0.15, 0.2) is 66.7 Å². The molecule has 0 unspecified atom stereocenters. The summed E-state index contributed by atoms with van der Waals surface area (Å²) in [4.78, 5) is 27.1. The highest BCUT2D eigenvalue weighted by atomic mass is 16.5. The number of rotatable bonds is 3. The van der Waals surface area contributed by atoms with E-state index in [9.17, 15) is 9.59 Å². The zero-order valence-electron chi connectivity index (χ0n) is 16.2. The van der Waals surface area contributed by atoms with Gasteiger partial charge in [0.2, 0.25) is 0 Å². The molecule has 146 valence electrons. The molecule has 0 bridgehead atoms. The summed E-state index contributed by atoms with van der Waals surface area (Å²) in [5.41, 5.74) is 3.43. The lowest BCUT2D eigenvalue weighted by Gasteiger charge is -2.19. The van der Waals surface area contributed by atoms with Crippen molar-refractivity contribution in [1.82, 2.24) is 0 Å². The lowest BCUT2D eigenvalue weighted by atomic mass is 10.1. The molecular formula is C23H21N3O3. The van der Waals surface area contributed by atoms with Gasteiger partial charge in [-0.3, -0.25) is 4.79 Å². The van der Waals surface area contributed by atoms with Crippen LogP contribution in [0.25, 0.3) is 0 Å². The normalized spacial score (nSPS) is 12.3. The highest BCUT2D eigenvalue weighted by Gasteiger charge is 2.27. The predicted octanol–water partition coefficient (Wildman–Crippen LogP) is 5.41. The van der Waals surface area contributed by atoms with Crippen LogP contribution in [0.3, 0.4) is 0 Å². The third kappa shape index (κ3) is 3.78. The van der Waals surface area contributed by atoms with Gasteiger partial charge in [0.15, 0.2) is 5.75 Å². The Morgan fingerprint density at radius 3 is 2.38 bits per heavy atom. The van der Waals surface area contributed by atoms with Gasteiger partial charge in [0, 0.05) is 17.9 Å². The number of fused-ring (bicyclic) bond motifs is 2. The molecule has 1 heterocycles. The second-order valence-corrected chi connectivity index (χ2v) is 6.78. The molecule has 6 nitrogen and oxygen atoms in total. The van der Waals surface area contributed by atoms with E-state index in [1.54, 1.807) is 23.1 Å². The van der Waals surface area contributed by atoms with Crippen LogP contribution in [0.5, 0.6) is 11.5 Å². The fourth-order valence-electron chi connectivity index (χ4n) is 3.25. The Bertz CT molecular complexity index is 1080. The summed E-state index contributed by atoms with van der Waals surface area (Å²) in [6.07, 6.45) is 0. The van der Waals surface area contributed by atoms with E-state index >= 15 is 0 Å². The quantitative estimate of drug-likeness (QED) is 0.631. The van der Waals surface area contributed by atoms with Gasteiger partial charge in [-0.05, 0) is 56.3 Å². The molecule has 3 amide bonds. The van der Waals surface area contributed by atoms with Gasteiger partial charge in [0.05, 0.1) is 11.3 Å². The van der Waals surface area contributed by atoms with E-state index < -0.39 is 0 Å². The third-order valence-corrected chi connectivity index (χ3v) is 4.71. The van der Waals surface area contributed by atoms with Gasteiger partial charge < -0.3 is 20.3 Å². The maximum absolute atomic E-state index is 13.1. The molecule has 0 aromatic heterocycles. The number of ether oxygens (including phenoxy) is 1. The van der Waals surface area contributed by atoms with E-state index in [2.05, 4.69) is 10.6 Å². The smallest absolute Gasteiger partial charge is 0.323 e. The second kappa shape index (κ2) is 7.67. The van der Waals surface area contributed by atoms with Crippen molar-refractivity contribution in [2.45, 2.75) is 13.8 Å². The van der Waals surface area contributed by atoms with Gasteiger partial charge in [0.25, 0.3) is 5.91 Å². The number of para-hydroxylation sites is 2. The van der Waals surface area contributed by atoms with Gasteiger partial charge in [-0.2, -0.15) is 0 Å². The van der Waals surface area contributed by atoms with Crippen molar-refractivity contribution in [3.05, 3.63) is 77.9 Å². The number of nitrogens with one attached hydrogen (secondary N) is 2. The second-order valence-electron chi connectivity index (χ2n) is 6.78. The Kier molecular flexibility index (Phi) is 4.91. The Labute approximate surface area is 169 Å². The zero-order valence-corrected chi connectivity index (χ0v) is 16.2. The van der Waals surface area contributed by atoms with Crippen LogP contribution < -0.4 is 20.3 Å². The van der Waals surface area contributed by atoms with Gasteiger partial charge >= 0.3 is 6.03 Å². The van der Waals surface area contributed by atoms with Crippen LogP contribution in [-0.4, -0.2) is 18.5 Å². The van der Waals surface area contributed by atoms with E-state index in [1.807, 2.05) is 62.4 Å². The largest absolute Gasteiger partial charge is 0.454 e. The number of benzene rings is 3. The number of hydrogen-bond donors (Lipinski definition) is 2. The first-order chi connectivity index (χ1) is 14.0. The number of anilines is 3. The summed E-state index contributed by atoms with van der Waals surface area (Å²) < 4.78 is 5.98. The summed E-state index contributed by atoms with van der Waals surface area (Å²) >= 11 is 0. The van der Waals surface area contributed by atoms with E-state index in [1.165, 1.54) is 0 Å². The molecule has 0 atom stereocenters. The Balaban J connectivity index is 1.58. The van der Waals surface area contributed by atoms with Crippen molar-refractivity contribution in [1.29, 1.82) is 0 Å². The molecule has 4 rings (SSSR count). The van der Waals surface area contributed by atoms with Crippen molar-refractivity contribution in [3.63, 3.8) is 0 Å². The first-order valence-electron chi connectivity index (χ1n) is 9.42. The number of carbonyl (C=O) groups is 2. The number of carbonyl (C=O) groups excluding carboxylic acids is 2. The summed E-state index contributed by atoms with van der Waals surface area (Å²) in [6.45, 7) is 4.40. The van der Waals surface area contributed by atoms with Crippen LogP contribution in [0.1, 0.15) is 22.8 Å². The Morgan fingerprint density at radius 2 is 1.62 bits per heavy atom. The van der Waals surface area contributed by atoms with E-state index in [0.717, 1.165) is 11.3 Å². The first-order valence-corrected chi connectivity index (χ1v) is 9.42. The summed E-state index contributed by atoms with van der Waals surface area (Å²) in [5.74, 6) is 0.914. The van der Waals surface area contributed by atoms with Crippen molar-refractivity contribution >= 4 is 29.0 Å². The van der Waals surface area contributed by atoms with Crippen molar-refractivity contribution in [2.24, 2.45) is 0 Å². The molecule has 1 aliphatic rings. The molecule has 0 radical (unpaired) electrons. The van der Waals surface area contributed by atoms with E-state index in [-0.39, 0.29) is 11.9 Å². The molecule has 2 N–H and O–H groups in total. The monoisotopic (exact) mass is 387 g/mol. The number of aryl methyl sites for hydroxylation is 1. The fourth-order valence-corrected chi connectivity index (χ4v) is 3.25. The molecule has 0 aliphatic carbocycles. The van der Waals surface area contributed by atoms with Crippen LogP contribution >= 0.6 is 0 Å². The predicted molar refractivity (Wildman–Crippen MR) is 114 cm³/mol. The van der Waals surface area contributed by atoms with Crippen molar-refractivity contribution in [2.75, 3.05) is 22.1 Å². The van der Waals surface area contributed by atoms with E-state index in [0.29, 0.717) is 35.0 Å². The molecule has 6 heteroatoms. The lowest BCUT2D eigenvalue weighted by Crippen LogP contribution is -2.29. The van der Waals surface area contributed by atoms with E-state index in [4.69, 9.17) is 4.74 Å². The number of nitrogens with zero attached hydrogens (tertiary/aromatic N) is 1. The van der Waals surface area contributed by atoms with Crippen molar-refractivity contribution < 1.29 is 14.3 Å². The van der Waals surface area contributed by atoms with Gasteiger partial charge in [0.1, 0.15) is 5.75 Å². The number of hydrogen-bond acceptors (Lipinski definition) is 3. The molecule has 3 aromatic carbocycles. The standard InChI is InChI=1S/C23H21N3O3/c1-3-26-19-6-4-5-7-21(19)29-20-13-12-17(14-18(20)22(26)27)25-23(28)24-16-10-8-15(2)9-11-16/h4-14H,3H2,1-2H3,(H2,24,25,28). The average Bonchev–Trinajstić information content (AvgIpc) is 2.83. The molecule has 0 saturated heterocycles. The van der Waals surface area contributed by atoms with Crippen LogP contribution in [0, 0.1) is 6.92 Å². The minimum absolute atomic E-state index is 0.171. The molecule has 1 aliphatic heterocycles. The maximum Gasteiger partial charge on any atom is 0.323 e. The summed E-state index contributed by atoms with van der Waals surface area (Å²) in [5, 5.41) is 5.55. The number of amides is 3. The third-order valence-electron chi connectivity index (χ3n) is 4.71. The van der Waals surface area contributed by atoms with Crippen LogP contribution in [0.4, 0.5) is 21.9 Å². The molecular weight excluding hydrogens is 366 g/mol. The van der Waals surface area contributed by atoms with Gasteiger partial charge in [-0.15, -0.1) is 0 Å². The SMILES string of the molecule is CCN1C(=O)c2cc(NC(=O)Nc3ccc(C)cc3)ccc2Oc2ccccc21. The molecule has 0 saturated carbocycles. The maximum atomic E-state index is 13.1. The minimum atomic E-state index is -0.383. The highest BCUT2D eigenvalue weighted by molar-refractivity contribution is 6.10. The Hall–Kier alpha value is -3.80. The van der Waals surface area contributed by atoms with Gasteiger partial charge in [-0.25, -0.2) is 4.79 Å². The molecule has 29 heavy (non-hydrogen) atoms. The molecule has 0 spiro atoms.